The fraction of sp³-hybridized carbons (Fsp3) is 0.273. The summed E-state index contributed by atoms with van der Waals surface area (Å²) in [6.07, 6.45) is 0.832. The molecule has 1 aliphatic rings. The van der Waals surface area contributed by atoms with Crippen LogP contribution in [0.4, 0.5) is 0 Å². The zero-order chi connectivity index (χ0) is 11.7. The first-order valence-electron chi connectivity index (χ1n) is 5.08. The van der Waals surface area contributed by atoms with Gasteiger partial charge in [0.15, 0.2) is 11.5 Å². The van der Waals surface area contributed by atoms with Crippen molar-refractivity contribution in [1.82, 2.24) is 5.32 Å². The third-order valence-electron chi connectivity index (χ3n) is 2.32. The Morgan fingerprint density at radius 1 is 1.44 bits per heavy atom. The van der Waals surface area contributed by atoms with E-state index in [9.17, 15) is 9.59 Å². The van der Waals surface area contributed by atoms with Crippen LogP contribution in [0, 0.1) is 0 Å². The number of ether oxygens (including phenoxy) is 1. The van der Waals surface area contributed by atoms with Crippen molar-refractivity contribution in [2.45, 2.75) is 13.3 Å². The van der Waals surface area contributed by atoms with Gasteiger partial charge in [-0.15, -0.1) is 0 Å². The average Bonchev–Trinajstić information content (AvgIpc) is 3.02. The maximum Gasteiger partial charge on any atom is 0.253 e. The van der Waals surface area contributed by atoms with E-state index in [2.05, 4.69) is 5.32 Å². The molecule has 2 amide bonds. The summed E-state index contributed by atoms with van der Waals surface area (Å²) in [6, 6.07) is 3.21. The van der Waals surface area contributed by atoms with Crippen LogP contribution in [-0.2, 0) is 0 Å². The fourth-order valence-electron chi connectivity index (χ4n) is 1.50. The van der Waals surface area contributed by atoms with Gasteiger partial charge in [0, 0.05) is 6.54 Å². The van der Waals surface area contributed by atoms with Gasteiger partial charge in [-0.05, 0) is 18.6 Å². The van der Waals surface area contributed by atoms with E-state index in [4.69, 9.17) is 10.5 Å². The molecule has 5 nitrogen and oxygen atoms in total. The second-order valence-corrected chi connectivity index (χ2v) is 3.54. The van der Waals surface area contributed by atoms with E-state index in [1.54, 1.807) is 12.1 Å². The molecule has 0 bridgehead atoms. The van der Waals surface area contributed by atoms with Crippen LogP contribution in [-0.4, -0.2) is 18.4 Å². The standard InChI is InChI=1S/C11H12N2O3/c1-2-5-13-11(15)6-3-4-7-9(16-7)8(6)10(12)14/h3-4H,2,5H2,1H3,(H2,12,14)(H,13,15). The first-order valence-corrected chi connectivity index (χ1v) is 5.08. The van der Waals surface area contributed by atoms with Crippen molar-refractivity contribution < 1.29 is 14.3 Å². The number of amides is 2. The van der Waals surface area contributed by atoms with Crippen LogP contribution < -0.4 is 15.8 Å². The van der Waals surface area contributed by atoms with Crippen LogP contribution >= 0.6 is 0 Å². The quantitative estimate of drug-likeness (QED) is 0.754. The second kappa shape index (κ2) is 3.84. The molecule has 1 aliphatic heterocycles. The summed E-state index contributed by atoms with van der Waals surface area (Å²) in [5.74, 6) is 0.0995. The molecule has 0 saturated carbocycles. The van der Waals surface area contributed by atoms with Crippen molar-refractivity contribution in [1.29, 1.82) is 0 Å². The third kappa shape index (κ3) is 1.71. The number of carbonyl (C=O) groups excluding carboxylic acids is 2. The van der Waals surface area contributed by atoms with E-state index in [0.29, 0.717) is 18.0 Å². The Hall–Kier alpha value is -2.04. The Morgan fingerprint density at radius 3 is 2.81 bits per heavy atom. The Balaban J connectivity index is 2.31. The zero-order valence-corrected chi connectivity index (χ0v) is 8.87. The second-order valence-electron chi connectivity index (χ2n) is 3.54. The minimum absolute atomic E-state index is 0.172. The number of carbonyl (C=O) groups is 2. The highest BCUT2D eigenvalue weighted by atomic mass is 16.6. The Labute approximate surface area is 92.6 Å². The number of nitrogens with one attached hydrogen (secondary N) is 1. The Morgan fingerprint density at radius 2 is 2.19 bits per heavy atom. The maximum absolute atomic E-state index is 11.7. The predicted molar refractivity (Wildman–Crippen MR) is 57.7 cm³/mol. The minimum atomic E-state index is -0.643. The molecule has 5 heteroatoms. The SMILES string of the molecule is CCCNC(=O)c1ccc2c(c1C(N)=O)O2. The van der Waals surface area contributed by atoms with Crippen molar-refractivity contribution >= 4 is 11.8 Å². The summed E-state index contributed by atoms with van der Waals surface area (Å²) < 4.78 is 5.04. The van der Waals surface area contributed by atoms with Crippen LogP contribution in [0.3, 0.4) is 0 Å². The Kier molecular flexibility index (Phi) is 2.52. The van der Waals surface area contributed by atoms with Gasteiger partial charge >= 0.3 is 0 Å². The molecule has 16 heavy (non-hydrogen) atoms. The molecule has 1 aromatic rings. The van der Waals surface area contributed by atoms with Crippen LogP contribution in [0.1, 0.15) is 34.1 Å². The molecular formula is C11H12N2O3. The van der Waals surface area contributed by atoms with Crippen molar-refractivity contribution in [3.63, 3.8) is 0 Å². The lowest BCUT2D eigenvalue weighted by atomic mass is 10.1. The number of primary amides is 1. The van der Waals surface area contributed by atoms with E-state index in [1.807, 2.05) is 6.92 Å². The van der Waals surface area contributed by atoms with Crippen LogP contribution in [0.25, 0.3) is 0 Å². The van der Waals surface area contributed by atoms with Crippen molar-refractivity contribution in [3.8, 4) is 11.5 Å². The van der Waals surface area contributed by atoms with Crippen molar-refractivity contribution in [2.75, 3.05) is 6.54 Å². The molecule has 0 atom stereocenters. The van der Waals surface area contributed by atoms with Gasteiger partial charge in [0.05, 0.1) is 11.1 Å². The highest BCUT2D eigenvalue weighted by molar-refractivity contribution is 6.10. The minimum Gasteiger partial charge on any atom is -0.449 e. The first-order chi connectivity index (χ1) is 7.65. The van der Waals surface area contributed by atoms with E-state index < -0.39 is 5.91 Å². The van der Waals surface area contributed by atoms with E-state index >= 15 is 0 Å². The summed E-state index contributed by atoms with van der Waals surface area (Å²) in [4.78, 5) is 22.9. The zero-order valence-electron chi connectivity index (χ0n) is 8.87. The lowest BCUT2D eigenvalue weighted by Crippen LogP contribution is -2.26. The largest absolute Gasteiger partial charge is 0.449 e. The topological polar surface area (TPSA) is 84.7 Å². The molecule has 2 rings (SSSR count). The van der Waals surface area contributed by atoms with Crippen LogP contribution in [0.2, 0.25) is 0 Å². The molecule has 0 fully saturated rings. The van der Waals surface area contributed by atoms with E-state index in [-0.39, 0.29) is 17.0 Å². The van der Waals surface area contributed by atoms with Crippen LogP contribution in [0.15, 0.2) is 12.1 Å². The summed E-state index contributed by atoms with van der Waals surface area (Å²) in [6.45, 7) is 2.51. The van der Waals surface area contributed by atoms with E-state index in [1.165, 1.54) is 0 Å². The lowest BCUT2D eigenvalue weighted by molar-refractivity contribution is 0.0936. The Bertz CT molecular complexity index is 469. The summed E-state index contributed by atoms with van der Waals surface area (Å²) in [5, 5.41) is 2.69. The highest BCUT2D eigenvalue weighted by Gasteiger charge is 2.31. The third-order valence-corrected chi connectivity index (χ3v) is 2.32. The van der Waals surface area contributed by atoms with Crippen LogP contribution in [0.5, 0.6) is 11.5 Å². The van der Waals surface area contributed by atoms with Gasteiger partial charge < -0.3 is 15.8 Å². The molecule has 0 aliphatic carbocycles. The first kappa shape index (κ1) is 10.5. The van der Waals surface area contributed by atoms with Gasteiger partial charge in [-0.2, -0.15) is 0 Å². The number of hydrogen-bond donors (Lipinski definition) is 2. The average molecular weight is 220 g/mol. The lowest BCUT2D eigenvalue weighted by Gasteiger charge is -2.04. The molecule has 1 aromatic carbocycles. The predicted octanol–water partition coefficient (Wildman–Crippen LogP) is 1.03. The van der Waals surface area contributed by atoms with Crippen molar-refractivity contribution in [3.05, 3.63) is 23.3 Å². The van der Waals surface area contributed by atoms with Gasteiger partial charge in [0.2, 0.25) is 0 Å². The molecule has 0 saturated heterocycles. The highest BCUT2D eigenvalue weighted by Crippen LogP contribution is 2.48. The number of nitrogens with two attached hydrogens (primary N) is 1. The monoisotopic (exact) mass is 220 g/mol. The van der Waals surface area contributed by atoms with Gasteiger partial charge in [0.25, 0.3) is 11.8 Å². The number of benzene rings is 1. The summed E-state index contributed by atoms with van der Waals surface area (Å²) >= 11 is 0. The molecule has 84 valence electrons. The number of fused-ring (bicyclic) bond motifs is 1. The van der Waals surface area contributed by atoms with Gasteiger partial charge in [-0.25, -0.2) is 0 Å². The molecule has 0 aromatic heterocycles. The molecule has 0 radical (unpaired) electrons. The van der Waals surface area contributed by atoms with Crippen molar-refractivity contribution in [2.24, 2.45) is 5.73 Å². The van der Waals surface area contributed by atoms with Gasteiger partial charge in [-0.1, -0.05) is 6.92 Å². The summed E-state index contributed by atoms with van der Waals surface area (Å²) in [5.41, 5.74) is 5.66. The molecule has 0 spiro atoms. The number of rotatable bonds is 4. The van der Waals surface area contributed by atoms with Gasteiger partial charge in [0.1, 0.15) is 0 Å². The fourth-order valence-corrected chi connectivity index (χ4v) is 1.50. The molecule has 1 heterocycles. The normalized spacial score (nSPS) is 11.3. The smallest absolute Gasteiger partial charge is 0.253 e. The van der Waals surface area contributed by atoms with E-state index in [0.717, 1.165) is 6.42 Å². The molecule has 0 unspecified atom stereocenters. The van der Waals surface area contributed by atoms with Gasteiger partial charge in [-0.3, -0.25) is 9.59 Å². The number of hydrogen-bond acceptors (Lipinski definition) is 3. The summed E-state index contributed by atoms with van der Waals surface area (Å²) in [7, 11) is 0. The molecule has 3 N–H and O–H groups in total. The molecular weight excluding hydrogens is 208 g/mol. The maximum atomic E-state index is 11.7.